The van der Waals surface area contributed by atoms with Crippen LogP contribution < -0.4 is 5.32 Å². The molecule has 0 bridgehead atoms. The zero-order chi connectivity index (χ0) is 14.6. The van der Waals surface area contributed by atoms with Crippen molar-refractivity contribution in [1.82, 2.24) is 9.62 Å². The van der Waals surface area contributed by atoms with Gasteiger partial charge in [-0.1, -0.05) is 33.1 Å². The van der Waals surface area contributed by atoms with Gasteiger partial charge in [0.1, 0.15) is 0 Å². The fourth-order valence-corrected chi connectivity index (χ4v) is 5.75. The van der Waals surface area contributed by atoms with Crippen LogP contribution in [0.3, 0.4) is 0 Å². The zero-order valence-corrected chi connectivity index (χ0v) is 13.8. The summed E-state index contributed by atoms with van der Waals surface area (Å²) in [6, 6.07) is 0.463. The number of piperazine rings is 1. The largest absolute Gasteiger partial charge is 0.311 e. The first-order valence-corrected chi connectivity index (χ1v) is 9.90. The van der Waals surface area contributed by atoms with Crippen LogP contribution in [0, 0.1) is 5.92 Å². The minimum Gasteiger partial charge on any atom is -0.311 e. The van der Waals surface area contributed by atoms with Crippen LogP contribution >= 0.6 is 0 Å². The zero-order valence-electron chi connectivity index (χ0n) is 13.0. The first-order chi connectivity index (χ1) is 9.56. The third-order valence-corrected chi connectivity index (χ3v) is 7.00. The van der Waals surface area contributed by atoms with Crippen molar-refractivity contribution in [2.45, 2.75) is 70.9 Å². The molecule has 1 N–H and O–H groups in total. The topological polar surface area (TPSA) is 49.4 Å². The molecule has 0 spiro atoms. The molecule has 2 fully saturated rings. The summed E-state index contributed by atoms with van der Waals surface area (Å²) in [5, 5.41) is 3.47. The van der Waals surface area contributed by atoms with E-state index in [-0.39, 0.29) is 6.04 Å². The van der Waals surface area contributed by atoms with E-state index < -0.39 is 10.0 Å². The standard InChI is InChI=1S/C15H30N2O2S/c1-3-14-11-17(15(4-2)10-16-14)20(18,19)12-13-8-6-5-7-9-13/h13-16H,3-12H2,1-2H3. The lowest BCUT2D eigenvalue weighted by Crippen LogP contribution is -2.58. The Morgan fingerprint density at radius 3 is 2.40 bits per heavy atom. The summed E-state index contributed by atoms with van der Waals surface area (Å²) in [7, 11) is -3.09. The van der Waals surface area contributed by atoms with Gasteiger partial charge in [-0.25, -0.2) is 8.42 Å². The van der Waals surface area contributed by atoms with Crippen molar-refractivity contribution in [3.05, 3.63) is 0 Å². The number of rotatable bonds is 5. The van der Waals surface area contributed by atoms with E-state index in [0.29, 0.717) is 24.3 Å². The van der Waals surface area contributed by atoms with E-state index in [0.717, 1.165) is 32.2 Å². The van der Waals surface area contributed by atoms with Crippen LogP contribution in [-0.4, -0.2) is 43.6 Å². The second kappa shape index (κ2) is 7.23. The summed E-state index contributed by atoms with van der Waals surface area (Å²) < 4.78 is 27.4. The average Bonchev–Trinajstić information content (AvgIpc) is 2.47. The monoisotopic (exact) mass is 302 g/mol. The fraction of sp³-hybridized carbons (Fsp3) is 1.00. The molecule has 4 nitrogen and oxygen atoms in total. The minimum absolute atomic E-state index is 0.145. The first kappa shape index (κ1) is 16.2. The second-order valence-electron chi connectivity index (χ2n) is 6.43. The number of nitrogens with zero attached hydrogens (tertiary/aromatic N) is 1. The van der Waals surface area contributed by atoms with E-state index in [1.54, 1.807) is 0 Å². The van der Waals surface area contributed by atoms with Crippen molar-refractivity contribution in [3.8, 4) is 0 Å². The van der Waals surface area contributed by atoms with Crippen LogP contribution in [0.1, 0.15) is 58.8 Å². The van der Waals surface area contributed by atoms with Gasteiger partial charge in [-0.05, 0) is 31.6 Å². The van der Waals surface area contributed by atoms with Gasteiger partial charge in [-0.2, -0.15) is 4.31 Å². The SMILES string of the molecule is CCC1CN(S(=O)(=O)CC2CCCCC2)C(CC)CN1. The molecule has 0 amide bonds. The van der Waals surface area contributed by atoms with Crippen molar-refractivity contribution >= 4 is 10.0 Å². The Morgan fingerprint density at radius 1 is 1.10 bits per heavy atom. The highest BCUT2D eigenvalue weighted by molar-refractivity contribution is 7.89. The van der Waals surface area contributed by atoms with Crippen LogP contribution in [0.4, 0.5) is 0 Å². The van der Waals surface area contributed by atoms with Crippen molar-refractivity contribution < 1.29 is 8.42 Å². The van der Waals surface area contributed by atoms with Gasteiger partial charge in [-0.3, -0.25) is 0 Å². The summed E-state index contributed by atoms with van der Waals surface area (Å²) in [5.74, 6) is 0.765. The van der Waals surface area contributed by atoms with Crippen LogP contribution in [0.25, 0.3) is 0 Å². The molecule has 1 aliphatic carbocycles. The predicted molar refractivity (Wildman–Crippen MR) is 83.2 cm³/mol. The molecule has 2 aliphatic rings. The normalized spacial score (nSPS) is 30.5. The van der Waals surface area contributed by atoms with Crippen molar-refractivity contribution in [1.29, 1.82) is 0 Å². The maximum absolute atomic E-state index is 12.8. The Bertz CT molecular complexity index is 391. The van der Waals surface area contributed by atoms with E-state index in [4.69, 9.17) is 0 Å². The van der Waals surface area contributed by atoms with Gasteiger partial charge in [0.2, 0.25) is 10.0 Å². The van der Waals surface area contributed by atoms with Gasteiger partial charge in [-0.15, -0.1) is 0 Å². The molecule has 2 unspecified atom stereocenters. The molecule has 0 aromatic heterocycles. The third kappa shape index (κ3) is 3.95. The van der Waals surface area contributed by atoms with E-state index in [2.05, 4.69) is 19.2 Å². The molecule has 20 heavy (non-hydrogen) atoms. The Hall–Kier alpha value is -0.130. The highest BCUT2D eigenvalue weighted by Crippen LogP contribution is 2.27. The summed E-state index contributed by atoms with van der Waals surface area (Å²) in [5.41, 5.74) is 0. The molecule has 0 aromatic rings. The molecule has 1 heterocycles. The van der Waals surface area contributed by atoms with Crippen molar-refractivity contribution in [2.24, 2.45) is 5.92 Å². The molecule has 0 aromatic carbocycles. The van der Waals surface area contributed by atoms with E-state index >= 15 is 0 Å². The number of hydrogen-bond donors (Lipinski definition) is 1. The van der Waals surface area contributed by atoms with Crippen molar-refractivity contribution in [2.75, 3.05) is 18.8 Å². The van der Waals surface area contributed by atoms with Crippen LogP contribution in [0.15, 0.2) is 0 Å². The molecule has 2 rings (SSSR count). The Kier molecular flexibility index (Phi) is 5.87. The number of sulfonamides is 1. The van der Waals surface area contributed by atoms with Gasteiger partial charge in [0.05, 0.1) is 5.75 Å². The molecular weight excluding hydrogens is 272 g/mol. The van der Waals surface area contributed by atoms with Gasteiger partial charge in [0.25, 0.3) is 0 Å². The lowest BCUT2D eigenvalue weighted by molar-refractivity contribution is 0.213. The molecule has 2 atom stereocenters. The molecule has 1 aliphatic heterocycles. The smallest absolute Gasteiger partial charge is 0.214 e. The first-order valence-electron chi connectivity index (χ1n) is 8.29. The van der Waals surface area contributed by atoms with Crippen molar-refractivity contribution in [3.63, 3.8) is 0 Å². The van der Waals surface area contributed by atoms with E-state index in [1.807, 2.05) is 4.31 Å². The summed E-state index contributed by atoms with van der Waals surface area (Å²) >= 11 is 0. The molecule has 5 heteroatoms. The van der Waals surface area contributed by atoms with Gasteiger partial charge < -0.3 is 5.32 Å². The molecule has 118 valence electrons. The summed E-state index contributed by atoms with van der Waals surface area (Å²) in [6.45, 7) is 5.67. The highest BCUT2D eigenvalue weighted by atomic mass is 32.2. The van der Waals surface area contributed by atoms with Gasteiger partial charge in [0.15, 0.2) is 0 Å². The molecule has 1 saturated carbocycles. The fourth-order valence-electron chi connectivity index (χ4n) is 3.54. The van der Waals surface area contributed by atoms with Crippen LogP contribution in [0.5, 0.6) is 0 Å². The van der Waals surface area contributed by atoms with Gasteiger partial charge >= 0.3 is 0 Å². The highest BCUT2D eigenvalue weighted by Gasteiger charge is 2.35. The minimum atomic E-state index is -3.09. The van der Waals surface area contributed by atoms with Crippen LogP contribution in [0.2, 0.25) is 0 Å². The molecular formula is C15H30N2O2S. The van der Waals surface area contributed by atoms with E-state index in [9.17, 15) is 8.42 Å². The second-order valence-corrected chi connectivity index (χ2v) is 8.39. The number of hydrogen-bond acceptors (Lipinski definition) is 3. The predicted octanol–water partition coefficient (Wildman–Crippen LogP) is 2.36. The Labute approximate surface area is 124 Å². The summed E-state index contributed by atoms with van der Waals surface area (Å²) in [4.78, 5) is 0. The van der Waals surface area contributed by atoms with Crippen LogP contribution in [-0.2, 0) is 10.0 Å². The lowest BCUT2D eigenvalue weighted by atomic mass is 9.91. The average molecular weight is 302 g/mol. The quantitative estimate of drug-likeness (QED) is 0.848. The third-order valence-electron chi connectivity index (χ3n) is 4.94. The Balaban J connectivity index is 2.04. The lowest BCUT2D eigenvalue weighted by Gasteiger charge is -2.39. The molecule has 0 radical (unpaired) electrons. The van der Waals surface area contributed by atoms with Gasteiger partial charge in [0, 0.05) is 25.2 Å². The maximum atomic E-state index is 12.8. The van der Waals surface area contributed by atoms with E-state index in [1.165, 1.54) is 19.3 Å². The number of nitrogens with one attached hydrogen (secondary N) is 1. The summed E-state index contributed by atoms with van der Waals surface area (Å²) in [6.07, 6.45) is 7.77. The molecule has 1 saturated heterocycles. The maximum Gasteiger partial charge on any atom is 0.214 e. The Morgan fingerprint density at radius 2 is 1.80 bits per heavy atom.